The fourth-order valence-corrected chi connectivity index (χ4v) is 3.24. The molecule has 0 unspecified atom stereocenters. The van der Waals surface area contributed by atoms with Crippen LogP contribution in [0.4, 0.5) is 5.69 Å². The lowest BCUT2D eigenvalue weighted by atomic mass is 10.2. The Balaban J connectivity index is 1.62. The van der Waals surface area contributed by atoms with Crippen molar-refractivity contribution >= 4 is 51.1 Å². The number of methoxy groups -OCH3 is 1. The van der Waals surface area contributed by atoms with Gasteiger partial charge in [0.15, 0.2) is 16.6 Å². The van der Waals surface area contributed by atoms with Crippen LogP contribution in [-0.2, 0) is 0 Å². The van der Waals surface area contributed by atoms with Gasteiger partial charge in [0.25, 0.3) is 0 Å². The quantitative estimate of drug-likeness (QED) is 0.158. The monoisotopic (exact) mass is 497 g/mol. The van der Waals surface area contributed by atoms with E-state index in [-0.39, 0.29) is 0 Å². The number of aryl methyl sites for hydroxylation is 1. The number of hydrazone groups is 1. The van der Waals surface area contributed by atoms with Crippen LogP contribution in [0.25, 0.3) is 0 Å². The van der Waals surface area contributed by atoms with Crippen LogP contribution in [0.3, 0.4) is 0 Å². The van der Waals surface area contributed by atoms with Crippen molar-refractivity contribution in [3.8, 4) is 11.5 Å². The fourth-order valence-electron chi connectivity index (χ4n) is 2.67. The molecule has 0 spiro atoms. The van der Waals surface area contributed by atoms with Crippen LogP contribution in [0.5, 0.6) is 11.5 Å². The molecule has 0 aliphatic rings. The van der Waals surface area contributed by atoms with Crippen molar-refractivity contribution in [1.82, 2.24) is 5.43 Å². The molecule has 0 saturated heterocycles. The zero-order chi connectivity index (χ0) is 22.2. The van der Waals surface area contributed by atoms with Crippen LogP contribution in [0.15, 0.2) is 76.3 Å². The molecule has 0 amide bonds. The van der Waals surface area contributed by atoms with Crippen molar-refractivity contribution in [3.63, 3.8) is 0 Å². The van der Waals surface area contributed by atoms with Crippen molar-refractivity contribution in [1.29, 1.82) is 0 Å². The van der Waals surface area contributed by atoms with E-state index in [2.05, 4.69) is 31.8 Å². The third kappa shape index (κ3) is 6.63. The van der Waals surface area contributed by atoms with Gasteiger partial charge in [0.1, 0.15) is 0 Å². The van der Waals surface area contributed by atoms with E-state index in [4.69, 9.17) is 21.7 Å². The highest BCUT2D eigenvalue weighted by Crippen LogP contribution is 2.28. The van der Waals surface area contributed by atoms with Gasteiger partial charge in [0, 0.05) is 10.2 Å². The number of rotatable bonds is 6. The number of thiocarbonyl (C=S) groups is 1. The zero-order valence-corrected chi connectivity index (χ0v) is 19.3. The number of carbonyl (C=O) groups is 1. The van der Waals surface area contributed by atoms with Gasteiger partial charge < -0.3 is 14.8 Å². The molecule has 158 valence electrons. The van der Waals surface area contributed by atoms with Crippen LogP contribution in [0.1, 0.15) is 21.5 Å². The maximum Gasteiger partial charge on any atom is 0.343 e. The maximum absolute atomic E-state index is 12.4. The molecule has 31 heavy (non-hydrogen) atoms. The Hall–Kier alpha value is -3.23. The molecule has 2 N–H and O–H groups in total. The number of benzene rings is 3. The van der Waals surface area contributed by atoms with E-state index in [9.17, 15) is 4.79 Å². The molecule has 3 rings (SSSR count). The lowest BCUT2D eigenvalue weighted by Crippen LogP contribution is -2.23. The van der Waals surface area contributed by atoms with Gasteiger partial charge in [-0.15, -0.1) is 0 Å². The molecule has 0 fully saturated rings. The molecule has 0 aliphatic heterocycles. The topological polar surface area (TPSA) is 71.9 Å². The number of anilines is 1. The van der Waals surface area contributed by atoms with Gasteiger partial charge in [-0.05, 0) is 78.8 Å². The molecule has 3 aromatic carbocycles. The summed E-state index contributed by atoms with van der Waals surface area (Å²) in [5, 5.41) is 7.57. The number of nitrogens with zero attached hydrogens (tertiary/aromatic N) is 1. The number of esters is 1. The average Bonchev–Trinajstić information content (AvgIpc) is 2.74. The Morgan fingerprint density at radius 3 is 2.61 bits per heavy atom. The van der Waals surface area contributed by atoms with Crippen molar-refractivity contribution in [3.05, 3.63) is 87.9 Å². The Morgan fingerprint density at radius 1 is 1.06 bits per heavy atom. The summed E-state index contributed by atoms with van der Waals surface area (Å²) < 4.78 is 11.6. The zero-order valence-electron chi connectivity index (χ0n) is 16.9. The predicted molar refractivity (Wildman–Crippen MR) is 130 cm³/mol. The van der Waals surface area contributed by atoms with E-state index >= 15 is 0 Å². The molecule has 0 bridgehead atoms. The summed E-state index contributed by atoms with van der Waals surface area (Å²) in [5.74, 6) is 0.247. The van der Waals surface area contributed by atoms with Crippen molar-refractivity contribution in [2.24, 2.45) is 5.10 Å². The number of ether oxygens (including phenoxy) is 2. The summed E-state index contributed by atoms with van der Waals surface area (Å²) in [7, 11) is 1.51. The molecule has 0 atom stereocenters. The lowest BCUT2D eigenvalue weighted by Gasteiger charge is -2.10. The first-order valence-electron chi connectivity index (χ1n) is 9.27. The molecular weight excluding hydrogens is 478 g/mol. The Kier molecular flexibility index (Phi) is 7.75. The number of nitrogens with one attached hydrogen (secondary N) is 2. The van der Waals surface area contributed by atoms with E-state index in [1.807, 2.05) is 37.3 Å². The summed E-state index contributed by atoms with van der Waals surface area (Å²) in [5.41, 5.74) is 5.95. The third-order valence-corrected chi connectivity index (χ3v) is 4.79. The van der Waals surface area contributed by atoms with Gasteiger partial charge in [0.05, 0.1) is 18.9 Å². The largest absolute Gasteiger partial charge is 0.493 e. The van der Waals surface area contributed by atoms with E-state index < -0.39 is 5.97 Å². The van der Waals surface area contributed by atoms with Crippen molar-refractivity contribution in [2.45, 2.75) is 6.92 Å². The predicted octanol–water partition coefficient (Wildman–Crippen LogP) is 5.31. The first kappa shape index (κ1) is 22.5. The summed E-state index contributed by atoms with van der Waals surface area (Å²) in [6.45, 7) is 2.01. The minimum atomic E-state index is -0.477. The lowest BCUT2D eigenvalue weighted by molar-refractivity contribution is 0.0729. The van der Waals surface area contributed by atoms with Gasteiger partial charge in [-0.3, -0.25) is 5.43 Å². The van der Waals surface area contributed by atoms with Crippen LogP contribution in [-0.4, -0.2) is 24.4 Å². The Labute approximate surface area is 194 Å². The van der Waals surface area contributed by atoms with Crippen molar-refractivity contribution in [2.75, 3.05) is 12.4 Å². The average molecular weight is 498 g/mol. The molecule has 3 aromatic rings. The normalized spacial score (nSPS) is 10.5. The van der Waals surface area contributed by atoms with E-state index in [0.717, 1.165) is 21.3 Å². The molecule has 8 heteroatoms. The molecular formula is C23H20BrN3O3S. The standard InChI is InChI=1S/C23H20BrN3O3S/c1-15-5-3-8-19(11-15)26-23(31)27-25-14-16-9-10-20(21(12-16)29-2)30-22(28)17-6-4-7-18(24)13-17/h3-14H,1-2H3,(H2,26,27,31)/b25-14-. The summed E-state index contributed by atoms with van der Waals surface area (Å²) in [6, 6.07) is 20.0. The smallest absolute Gasteiger partial charge is 0.343 e. The van der Waals surface area contributed by atoms with Crippen LogP contribution in [0.2, 0.25) is 0 Å². The minimum Gasteiger partial charge on any atom is -0.493 e. The Morgan fingerprint density at radius 2 is 1.87 bits per heavy atom. The number of halogens is 1. The van der Waals surface area contributed by atoms with E-state index in [1.54, 1.807) is 42.6 Å². The van der Waals surface area contributed by atoms with Gasteiger partial charge in [-0.25, -0.2) is 4.79 Å². The SMILES string of the molecule is COc1cc(/C=N\NC(=S)Nc2cccc(C)c2)ccc1OC(=O)c1cccc(Br)c1. The van der Waals surface area contributed by atoms with Crippen molar-refractivity contribution < 1.29 is 14.3 Å². The van der Waals surface area contributed by atoms with Gasteiger partial charge in [0.2, 0.25) is 0 Å². The van der Waals surface area contributed by atoms with E-state index in [0.29, 0.717) is 22.2 Å². The van der Waals surface area contributed by atoms with Crippen LogP contribution >= 0.6 is 28.1 Å². The molecule has 6 nitrogen and oxygen atoms in total. The third-order valence-electron chi connectivity index (χ3n) is 4.11. The van der Waals surface area contributed by atoms with Crippen LogP contribution in [0, 0.1) is 6.92 Å². The number of hydrogen-bond acceptors (Lipinski definition) is 5. The van der Waals surface area contributed by atoms with E-state index in [1.165, 1.54) is 7.11 Å². The highest BCUT2D eigenvalue weighted by Gasteiger charge is 2.13. The number of hydrogen-bond donors (Lipinski definition) is 2. The van der Waals surface area contributed by atoms with Gasteiger partial charge >= 0.3 is 5.97 Å². The summed E-state index contributed by atoms with van der Waals surface area (Å²) in [6.07, 6.45) is 1.59. The summed E-state index contributed by atoms with van der Waals surface area (Å²) >= 11 is 8.59. The highest BCUT2D eigenvalue weighted by molar-refractivity contribution is 9.10. The summed E-state index contributed by atoms with van der Waals surface area (Å²) in [4.78, 5) is 12.4. The maximum atomic E-state index is 12.4. The first-order chi connectivity index (χ1) is 14.9. The molecule has 0 aromatic heterocycles. The van der Waals surface area contributed by atoms with Gasteiger partial charge in [-0.1, -0.05) is 34.1 Å². The molecule has 0 heterocycles. The second-order valence-electron chi connectivity index (χ2n) is 6.50. The molecule has 0 radical (unpaired) electrons. The molecule has 0 aliphatic carbocycles. The Bertz CT molecular complexity index is 1130. The second kappa shape index (κ2) is 10.7. The van der Waals surface area contributed by atoms with Crippen LogP contribution < -0.4 is 20.2 Å². The second-order valence-corrected chi connectivity index (χ2v) is 7.83. The first-order valence-corrected chi connectivity index (χ1v) is 10.5. The fraction of sp³-hybridized carbons (Fsp3) is 0.0870. The minimum absolute atomic E-state index is 0.314. The van der Waals surface area contributed by atoms with Gasteiger partial charge in [-0.2, -0.15) is 5.10 Å². The molecule has 0 saturated carbocycles. The number of carbonyl (C=O) groups excluding carboxylic acids is 1. The highest BCUT2D eigenvalue weighted by atomic mass is 79.9.